The summed E-state index contributed by atoms with van der Waals surface area (Å²) < 4.78 is 13.4. The number of para-hydroxylation sites is 1. The van der Waals surface area contributed by atoms with E-state index in [2.05, 4.69) is 10.2 Å². The molecule has 1 aromatic carbocycles. The number of rotatable bonds is 6. The molecule has 8 heteroatoms. The van der Waals surface area contributed by atoms with Gasteiger partial charge in [-0.3, -0.25) is 14.4 Å². The third-order valence-electron chi connectivity index (χ3n) is 7.14. The molecule has 190 valence electrons. The quantitative estimate of drug-likeness (QED) is 0.494. The molecule has 2 saturated heterocycles. The second-order valence-corrected chi connectivity index (χ2v) is 10.0. The van der Waals surface area contributed by atoms with Gasteiger partial charge in [0.1, 0.15) is 11.6 Å². The van der Waals surface area contributed by atoms with E-state index in [0.717, 1.165) is 5.69 Å². The first-order chi connectivity index (χ1) is 16.5. The van der Waals surface area contributed by atoms with Crippen LogP contribution in [0.5, 0.6) is 0 Å². The summed E-state index contributed by atoms with van der Waals surface area (Å²) in [4.78, 5) is 45.0. The van der Waals surface area contributed by atoms with Gasteiger partial charge in [-0.25, -0.2) is 4.39 Å². The summed E-state index contributed by atoms with van der Waals surface area (Å²) in [5, 5.41) is 2.84. The number of amides is 3. The summed E-state index contributed by atoms with van der Waals surface area (Å²) in [5.41, 5.74) is 1.04. The second-order valence-electron chi connectivity index (χ2n) is 10.0. The fraction of sp³-hybridized carbons (Fsp3) is 0.519. The van der Waals surface area contributed by atoms with E-state index in [1.54, 1.807) is 23.6 Å². The van der Waals surface area contributed by atoms with Gasteiger partial charge in [-0.2, -0.15) is 0 Å². The fourth-order valence-electron chi connectivity index (χ4n) is 4.86. The lowest BCUT2D eigenvalue weighted by atomic mass is 9.85. The van der Waals surface area contributed by atoms with E-state index < -0.39 is 17.5 Å². The van der Waals surface area contributed by atoms with Crippen molar-refractivity contribution in [3.63, 3.8) is 0 Å². The van der Waals surface area contributed by atoms with Crippen molar-refractivity contribution < 1.29 is 18.8 Å². The van der Waals surface area contributed by atoms with Gasteiger partial charge in [-0.05, 0) is 63.3 Å². The number of allylic oxidation sites excluding steroid dienone is 3. The Morgan fingerprint density at radius 2 is 1.69 bits per heavy atom. The fourth-order valence-corrected chi connectivity index (χ4v) is 4.86. The van der Waals surface area contributed by atoms with E-state index in [1.165, 1.54) is 13.0 Å². The monoisotopic (exact) mass is 484 g/mol. The first-order valence-corrected chi connectivity index (χ1v) is 12.2. The van der Waals surface area contributed by atoms with Gasteiger partial charge in [0.25, 0.3) is 0 Å². The summed E-state index contributed by atoms with van der Waals surface area (Å²) in [7, 11) is 1.81. The molecule has 2 fully saturated rings. The highest BCUT2D eigenvalue weighted by atomic mass is 19.1. The minimum absolute atomic E-state index is 0.0782. The molecular formula is C27H37FN4O3. The van der Waals surface area contributed by atoms with Crippen molar-refractivity contribution in [3.8, 4) is 0 Å². The Balaban J connectivity index is 1.73. The summed E-state index contributed by atoms with van der Waals surface area (Å²) in [6, 6.07) is 9.18. The van der Waals surface area contributed by atoms with Crippen LogP contribution < -0.4 is 10.2 Å². The van der Waals surface area contributed by atoms with Crippen LogP contribution in [-0.4, -0.2) is 65.9 Å². The van der Waals surface area contributed by atoms with Crippen molar-refractivity contribution in [3.05, 3.63) is 53.4 Å². The van der Waals surface area contributed by atoms with Gasteiger partial charge in [0.15, 0.2) is 0 Å². The van der Waals surface area contributed by atoms with Crippen LogP contribution in [0.15, 0.2) is 53.4 Å². The normalized spacial score (nSPS) is 19.8. The molecule has 1 spiro atoms. The molecule has 7 nitrogen and oxygen atoms in total. The van der Waals surface area contributed by atoms with E-state index in [9.17, 15) is 18.8 Å². The third-order valence-corrected chi connectivity index (χ3v) is 7.14. The number of hydrogen-bond acceptors (Lipinski definition) is 4. The smallest absolute Gasteiger partial charge is 0.249 e. The number of anilines is 1. The number of nitrogens with one attached hydrogen (secondary N) is 1. The summed E-state index contributed by atoms with van der Waals surface area (Å²) in [6.45, 7) is 9.69. The minimum atomic E-state index is -0.706. The van der Waals surface area contributed by atoms with E-state index in [-0.39, 0.29) is 23.6 Å². The number of halogens is 1. The molecule has 1 unspecified atom stereocenters. The van der Waals surface area contributed by atoms with Crippen molar-refractivity contribution in [1.29, 1.82) is 0 Å². The van der Waals surface area contributed by atoms with Crippen LogP contribution in [0.2, 0.25) is 0 Å². The van der Waals surface area contributed by atoms with Crippen LogP contribution in [0.3, 0.4) is 0 Å². The van der Waals surface area contributed by atoms with E-state index in [1.807, 2.05) is 51.2 Å². The Labute approximate surface area is 207 Å². The number of piperidine rings is 1. The summed E-state index contributed by atoms with van der Waals surface area (Å²) in [5.74, 6) is -0.958. The number of benzene rings is 1. The highest BCUT2D eigenvalue weighted by molar-refractivity contribution is 5.97. The molecule has 35 heavy (non-hydrogen) atoms. The zero-order valence-electron chi connectivity index (χ0n) is 21.6. The van der Waals surface area contributed by atoms with Crippen LogP contribution >= 0.6 is 0 Å². The predicted octanol–water partition coefficient (Wildman–Crippen LogP) is 3.63. The average Bonchev–Trinajstić information content (AvgIpc) is 3.07. The van der Waals surface area contributed by atoms with Gasteiger partial charge in [0.05, 0.1) is 12.5 Å². The Bertz CT molecular complexity index is 1020. The first kappa shape index (κ1) is 26.4. The molecule has 0 radical (unpaired) electrons. The lowest BCUT2D eigenvalue weighted by Gasteiger charge is -2.44. The number of hydrogen-bond donors (Lipinski definition) is 1. The lowest BCUT2D eigenvalue weighted by Crippen LogP contribution is -2.60. The molecule has 0 saturated carbocycles. The number of likely N-dealkylation sites (tertiary alicyclic amines) is 1. The predicted molar refractivity (Wildman–Crippen MR) is 135 cm³/mol. The van der Waals surface area contributed by atoms with Crippen molar-refractivity contribution in [2.45, 2.75) is 59.0 Å². The number of likely N-dealkylation sites (N-methyl/N-ethyl adjacent to an activating group) is 1. The van der Waals surface area contributed by atoms with Crippen LogP contribution in [0.1, 0.15) is 47.5 Å². The zero-order valence-corrected chi connectivity index (χ0v) is 21.6. The summed E-state index contributed by atoms with van der Waals surface area (Å²) in [6.07, 6.45) is 2.53. The maximum absolute atomic E-state index is 13.4. The standard InChI is InChI=1S/C27H37FN4O3/c1-18(2)23(29-24(33)20(4)16-19(3)21(5)28)25(34)31-14-12-27(13-15-31)26(35)30(6)17-32(27)22-10-8-7-9-11-22/h7-11,16,18,23H,12-15,17H2,1-6H3,(H,29,33). The molecule has 2 heterocycles. The van der Waals surface area contributed by atoms with Crippen molar-refractivity contribution in [1.82, 2.24) is 15.1 Å². The number of carbonyl (C=O) groups excluding carboxylic acids is 3. The number of nitrogens with zero attached hydrogens (tertiary/aromatic N) is 3. The highest BCUT2D eigenvalue weighted by Crippen LogP contribution is 2.39. The molecule has 1 aromatic rings. The first-order valence-electron chi connectivity index (χ1n) is 12.2. The SMILES string of the molecule is CC(=CC(C)=C(C)F)C(=O)NC(C(=O)N1CCC2(CC1)C(=O)N(C)CN2c1ccccc1)C(C)C. The zero-order chi connectivity index (χ0) is 25.9. The second kappa shape index (κ2) is 10.6. The molecule has 0 aliphatic carbocycles. The Morgan fingerprint density at radius 3 is 2.23 bits per heavy atom. The summed E-state index contributed by atoms with van der Waals surface area (Å²) >= 11 is 0. The van der Waals surface area contributed by atoms with Gasteiger partial charge in [-0.15, -0.1) is 0 Å². The van der Waals surface area contributed by atoms with Crippen LogP contribution in [0.25, 0.3) is 0 Å². The Kier molecular flexibility index (Phi) is 8.03. The molecule has 1 atom stereocenters. The molecule has 0 bridgehead atoms. The number of carbonyl (C=O) groups is 3. The average molecular weight is 485 g/mol. The van der Waals surface area contributed by atoms with E-state index >= 15 is 0 Å². The van der Waals surface area contributed by atoms with Crippen LogP contribution in [0, 0.1) is 5.92 Å². The topological polar surface area (TPSA) is 73.0 Å². The molecule has 3 rings (SSSR count). The molecule has 1 N–H and O–H groups in total. The Morgan fingerprint density at radius 1 is 1.09 bits per heavy atom. The third kappa shape index (κ3) is 5.41. The maximum atomic E-state index is 13.4. The van der Waals surface area contributed by atoms with Crippen LogP contribution in [0.4, 0.5) is 10.1 Å². The van der Waals surface area contributed by atoms with Crippen molar-refractivity contribution >= 4 is 23.4 Å². The van der Waals surface area contributed by atoms with Gasteiger partial charge in [-0.1, -0.05) is 32.0 Å². The molecule has 2 aliphatic rings. The maximum Gasteiger partial charge on any atom is 0.249 e. The van der Waals surface area contributed by atoms with Crippen molar-refractivity contribution in [2.75, 3.05) is 31.7 Å². The van der Waals surface area contributed by atoms with Gasteiger partial charge >= 0.3 is 0 Å². The lowest BCUT2D eigenvalue weighted by molar-refractivity contribution is -0.141. The Hall–Kier alpha value is -3.16. The van der Waals surface area contributed by atoms with E-state index in [4.69, 9.17) is 0 Å². The molecular weight excluding hydrogens is 447 g/mol. The van der Waals surface area contributed by atoms with E-state index in [0.29, 0.717) is 43.7 Å². The van der Waals surface area contributed by atoms with Gasteiger partial charge in [0, 0.05) is 31.4 Å². The van der Waals surface area contributed by atoms with Gasteiger partial charge in [0.2, 0.25) is 17.7 Å². The minimum Gasteiger partial charge on any atom is -0.341 e. The molecule has 0 aromatic heterocycles. The largest absolute Gasteiger partial charge is 0.341 e. The van der Waals surface area contributed by atoms with Gasteiger partial charge < -0.3 is 20.0 Å². The molecule has 3 amide bonds. The molecule has 2 aliphatic heterocycles. The highest BCUT2D eigenvalue weighted by Gasteiger charge is 2.53. The van der Waals surface area contributed by atoms with Crippen LogP contribution in [-0.2, 0) is 14.4 Å². The van der Waals surface area contributed by atoms with Crippen molar-refractivity contribution in [2.24, 2.45) is 5.92 Å².